The lowest BCUT2D eigenvalue weighted by atomic mass is 10.1. The average Bonchev–Trinajstić information content (AvgIpc) is 2.42. The summed E-state index contributed by atoms with van der Waals surface area (Å²) >= 11 is 23.4. The van der Waals surface area contributed by atoms with Crippen molar-refractivity contribution in [2.75, 3.05) is 0 Å². The van der Waals surface area contributed by atoms with Crippen LogP contribution in [0, 0.1) is 0 Å². The van der Waals surface area contributed by atoms with Gasteiger partial charge in [-0.2, -0.15) is 0 Å². The smallest absolute Gasteiger partial charge is 0.343 e. The number of benzene rings is 2. The molecule has 0 fully saturated rings. The van der Waals surface area contributed by atoms with Gasteiger partial charge in [0, 0.05) is 10.9 Å². The fourth-order valence-corrected chi connectivity index (χ4v) is 2.58. The Morgan fingerprint density at radius 3 is 2.05 bits per heavy atom. The molecule has 0 spiro atoms. The van der Waals surface area contributed by atoms with Gasteiger partial charge >= 0.3 is 5.97 Å². The summed E-state index contributed by atoms with van der Waals surface area (Å²) in [5, 5.41) is 0.715. The zero-order valence-electron chi connectivity index (χ0n) is 10.00. The van der Waals surface area contributed by atoms with E-state index < -0.39 is 5.97 Å². The normalized spacial score (nSPS) is 10.4. The number of hydrogen-bond acceptors (Lipinski definition) is 2. The van der Waals surface area contributed by atoms with Crippen LogP contribution in [0.3, 0.4) is 0 Å². The van der Waals surface area contributed by atoms with Crippen LogP contribution in [0.25, 0.3) is 0 Å². The summed E-state index contributed by atoms with van der Waals surface area (Å²) in [5.74, 6) is -0.0918. The summed E-state index contributed by atoms with van der Waals surface area (Å²) in [4.78, 5) is 12.0. The fourth-order valence-electron chi connectivity index (χ4n) is 1.51. The van der Waals surface area contributed by atoms with Gasteiger partial charge in [-0.15, -0.1) is 11.6 Å². The second-order valence-corrected chi connectivity index (χ2v) is 5.44. The van der Waals surface area contributed by atoms with Crippen LogP contribution in [0.1, 0.15) is 15.9 Å². The van der Waals surface area contributed by atoms with Gasteiger partial charge < -0.3 is 4.74 Å². The van der Waals surface area contributed by atoms with Gasteiger partial charge in [0.1, 0.15) is 0 Å². The Morgan fingerprint density at radius 2 is 1.55 bits per heavy atom. The predicted octanol–water partition coefficient (Wildman–Crippen LogP) is 5.60. The monoisotopic (exact) mass is 348 g/mol. The second-order valence-electron chi connectivity index (χ2n) is 3.92. The van der Waals surface area contributed by atoms with Gasteiger partial charge in [0.2, 0.25) is 0 Å². The van der Waals surface area contributed by atoms with Gasteiger partial charge in [0.25, 0.3) is 0 Å². The first kappa shape index (κ1) is 15.5. The van der Waals surface area contributed by atoms with Gasteiger partial charge in [-0.05, 0) is 29.8 Å². The largest absolute Gasteiger partial charge is 0.420 e. The number of carbonyl (C=O) groups is 1. The molecule has 2 rings (SSSR count). The Labute approximate surface area is 136 Å². The Hall–Kier alpha value is -0.930. The van der Waals surface area contributed by atoms with Crippen molar-refractivity contribution in [3.63, 3.8) is 0 Å². The Balaban J connectivity index is 2.23. The van der Waals surface area contributed by atoms with Gasteiger partial charge in [-0.1, -0.05) is 46.9 Å². The van der Waals surface area contributed by atoms with E-state index in [1.54, 1.807) is 24.3 Å². The average molecular weight is 350 g/mol. The van der Waals surface area contributed by atoms with Crippen LogP contribution in [0.15, 0.2) is 36.4 Å². The summed E-state index contributed by atoms with van der Waals surface area (Å²) in [6, 6.07) is 9.64. The number of carbonyl (C=O) groups excluding carboxylic acids is 1. The summed E-state index contributed by atoms with van der Waals surface area (Å²) in [5.41, 5.74) is 1.28. The maximum atomic E-state index is 12.0. The van der Waals surface area contributed by atoms with Crippen molar-refractivity contribution in [2.24, 2.45) is 0 Å². The third kappa shape index (κ3) is 3.58. The lowest BCUT2D eigenvalue weighted by Crippen LogP contribution is -2.09. The van der Waals surface area contributed by atoms with Crippen LogP contribution in [0.5, 0.6) is 5.75 Å². The van der Waals surface area contributed by atoms with Crippen molar-refractivity contribution in [1.82, 2.24) is 0 Å². The summed E-state index contributed by atoms with van der Waals surface area (Å²) in [6.45, 7) is 0. The number of hydrogen-bond donors (Lipinski definition) is 0. The molecule has 0 unspecified atom stereocenters. The molecule has 2 aromatic carbocycles. The van der Waals surface area contributed by atoms with E-state index in [9.17, 15) is 4.79 Å². The SMILES string of the molecule is O=C(Oc1c(Cl)cc(Cl)cc1Cl)c1ccc(CCl)cc1. The Bertz CT molecular complexity index is 615. The maximum absolute atomic E-state index is 12.0. The third-order valence-corrected chi connectivity index (χ3v) is 3.59. The predicted molar refractivity (Wildman–Crippen MR) is 82.4 cm³/mol. The number of esters is 1. The van der Waals surface area contributed by atoms with E-state index in [0.717, 1.165) is 5.56 Å². The molecule has 0 heterocycles. The van der Waals surface area contributed by atoms with Crippen molar-refractivity contribution >= 4 is 52.4 Å². The zero-order valence-corrected chi connectivity index (χ0v) is 13.0. The molecule has 0 amide bonds. The molecule has 0 aliphatic carbocycles. The Morgan fingerprint density at radius 1 is 1.00 bits per heavy atom. The minimum atomic E-state index is -0.558. The van der Waals surface area contributed by atoms with E-state index in [4.69, 9.17) is 51.1 Å². The molecule has 2 nitrogen and oxygen atoms in total. The van der Waals surface area contributed by atoms with E-state index in [1.165, 1.54) is 12.1 Å². The highest BCUT2D eigenvalue weighted by Gasteiger charge is 2.15. The highest BCUT2D eigenvalue weighted by atomic mass is 35.5. The molecule has 2 aromatic rings. The lowest BCUT2D eigenvalue weighted by molar-refractivity contribution is 0.0735. The minimum Gasteiger partial charge on any atom is -0.420 e. The molecule has 0 saturated carbocycles. The summed E-state index contributed by atoms with van der Waals surface area (Å²) in [7, 11) is 0. The molecule has 0 aromatic heterocycles. The van der Waals surface area contributed by atoms with Crippen LogP contribution in [0.4, 0.5) is 0 Å². The van der Waals surface area contributed by atoms with Gasteiger partial charge in [0.15, 0.2) is 5.75 Å². The minimum absolute atomic E-state index is 0.0872. The van der Waals surface area contributed by atoms with E-state index in [-0.39, 0.29) is 15.8 Å². The van der Waals surface area contributed by atoms with Crippen molar-refractivity contribution in [3.05, 3.63) is 62.6 Å². The van der Waals surface area contributed by atoms with Gasteiger partial charge in [-0.25, -0.2) is 4.79 Å². The van der Waals surface area contributed by atoms with Crippen molar-refractivity contribution < 1.29 is 9.53 Å². The van der Waals surface area contributed by atoms with Crippen LogP contribution < -0.4 is 4.74 Å². The van der Waals surface area contributed by atoms with Crippen LogP contribution in [-0.4, -0.2) is 5.97 Å². The molecular weight excluding hydrogens is 342 g/mol. The number of rotatable bonds is 3. The molecular formula is C14H8Cl4O2. The van der Waals surface area contributed by atoms with Crippen molar-refractivity contribution in [2.45, 2.75) is 5.88 Å². The second kappa shape index (κ2) is 6.68. The third-order valence-electron chi connectivity index (χ3n) is 2.50. The fraction of sp³-hybridized carbons (Fsp3) is 0.0714. The van der Waals surface area contributed by atoms with E-state index in [2.05, 4.69) is 0 Å². The first-order valence-electron chi connectivity index (χ1n) is 5.53. The number of alkyl halides is 1. The summed E-state index contributed by atoms with van der Waals surface area (Å²) < 4.78 is 5.20. The van der Waals surface area contributed by atoms with E-state index >= 15 is 0 Å². The molecule has 0 aliphatic rings. The molecule has 0 saturated heterocycles. The standard InChI is InChI=1S/C14H8Cl4O2/c15-7-8-1-3-9(4-2-8)14(19)20-13-11(17)5-10(16)6-12(13)18/h1-6H,7H2. The quantitative estimate of drug-likeness (QED) is 0.409. The lowest BCUT2D eigenvalue weighted by Gasteiger charge is -2.09. The highest BCUT2D eigenvalue weighted by molar-refractivity contribution is 6.40. The van der Waals surface area contributed by atoms with Crippen LogP contribution in [0.2, 0.25) is 15.1 Å². The van der Waals surface area contributed by atoms with E-state index in [0.29, 0.717) is 16.5 Å². The Kier molecular flexibility index (Phi) is 5.17. The first-order chi connectivity index (χ1) is 9.51. The topological polar surface area (TPSA) is 26.3 Å². The molecule has 0 atom stereocenters. The number of ether oxygens (including phenoxy) is 1. The van der Waals surface area contributed by atoms with E-state index in [1.807, 2.05) is 0 Å². The molecule has 0 radical (unpaired) electrons. The first-order valence-corrected chi connectivity index (χ1v) is 7.19. The van der Waals surface area contributed by atoms with Crippen molar-refractivity contribution in [1.29, 1.82) is 0 Å². The van der Waals surface area contributed by atoms with Crippen molar-refractivity contribution in [3.8, 4) is 5.75 Å². The van der Waals surface area contributed by atoms with Crippen LogP contribution >= 0.6 is 46.4 Å². The molecule has 104 valence electrons. The molecule has 6 heteroatoms. The summed E-state index contributed by atoms with van der Waals surface area (Å²) in [6.07, 6.45) is 0. The number of halogens is 4. The zero-order chi connectivity index (χ0) is 14.7. The van der Waals surface area contributed by atoms with Gasteiger partial charge in [0.05, 0.1) is 15.6 Å². The molecule has 0 aliphatic heterocycles. The highest BCUT2D eigenvalue weighted by Crippen LogP contribution is 2.36. The van der Waals surface area contributed by atoms with Crippen LogP contribution in [-0.2, 0) is 5.88 Å². The molecule has 0 N–H and O–H groups in total. The molecule has 20 heavy (non-hydrogen) atoms. The maximum Gasteiger partial charge on any atom is 0.343 e. The van der Waals surface area contributed by atoms with Gasteiger partial charge in [-0.3, -0.25) is 0 Å². The molecule has 0 bridgehead atoms.